The van der Waals surface area contributed by atoms with Crippen LogP contribution in [0.5, 0.6) is 0 Å². The summed E-state index contributed by atoms with van der Waals surface area (Å²) in [5.41, 5.74) is -0.625. The van der Waals surface area contributed by atoms with Crippen LogP contribution in [-0.4, -0.2) is 29.8 Å². The van der Waals surface area contributed by atoms with Gasteiger partial charge < -0.3 is 5.11 Å². The van der Waals surface area contributed by atoms with Crippen LogP contribution in [0, 0.1) is 0 Å². The topological polar surface area (TPSA) is 23.5 Å². The largest absolute Gasteiger partial charge is 0.376 e. The van der Waals surface area contributed by atoms with Gasteiger partial charge in [0.1, 0.15) is 5.72 Å². The first-order valence-corrected chi connectivity index (χ1v) is 2.90. The van der Waals surface area contributed by atoms with Gasteiger partial charge >= 0.3 is 0 Å². The van der Waals surface area contributed by atoms with E-state index in [0.717, 1.165) is 6.42 Å². The maximum atomic E-state index is 9.33. The molecule has 0 aliphatic rings. The predicted octanol–water partition coefficient (Wildman–Crippen LogP) is 0.667. The maximum absolute atomic E-state index is 9.33. The first-order chi connectivity index (χ1) is 3.50. The Bertz CT molecular complexity index is 68.9. The molecule has 0 spiro atoms. The third kappa shape index (κ3) is 1.80. The van der Waals surface area contributed by atoms with Crippen molar-refractivity contribution in [3.8, 4) is 0 Å². The number of hydrogen-bond donors (Lipinski definition) is 1. The van der Waals surface area contributed by atoms with Gasteiger partial charge in [0.25, 0.3) is 0 Å². The Kier molecular flexibility index (Phi) is 2.44. The highest BCUT2D eigenvalue weighted by Crippen LogP contribution is 2.09. The molecule has 0 fully saturated rings. The van der Waals surface area contributed by atoms with Crippen molar-refractivity contribution >= 4 is 0 Å². The molecular weight excluding hydrogens is 102 g/mol. The normalized spacial score (nSPS) is 18.8. The van der Waals surface area contributed by atoms with Crippen molar-refractivity contribution in [3.05, 3.63) is 0 Å². The second kappa shape index (κ2) is 2.46. The average Bonchev–Trinajstić information content (AvgIpc) is 1.67. The zero-order valence-corrected chi connectivity index (χ0v) is 6.10. The Balaban J connectivity index is 3.71. The van der Waals surface area contributed by atoms with E-state index in [9.17, 15) is 5.11 Å². The number of aliphatic hydroxyl groups is 1. The smallest absolute Gasteiger partial charge is 0.114 e. The molecule has 0 saturated heterocycles. The molecule has 0 aliphatic heterocycles. The lowest BCUT2D eigenvalue weighted by Gasteiger charge is -2.29. The minimum absolute atomic E-state index is 0.625. The van der Waals surface area contributed by atoms with E-state index in [1.165, 1.54) is 0 Å². The van der Waals surface area contributed by atoms with Crippen LogP contribution in [0.4, 0.5) is 0 Å². The maximum Gasteiger partial charge on any atom is 0.114 e. The Morgan fingerprint density at radius 1 is 1.50 bits per heavy atom. The Hall–Kier alpha value is -0.0800. The fourth-order valence-corrected chi connectivity index (χ4v) is 0.316. The van der Waals surface area contributed by atoms with Crippen LogP contribution < -0.4 is 0 Å². The number of hydrogen-bond acceptors (Lipinski definition) is 2. The van der Waals surface area contributed by atoms with Crippen LogP contribution in [0.1, 0.15) is 20.3 Å². The molecule has 0 amide bonds. The molecule has 0 saturated carbocycles. The van der Waals surface area contributed by atoms with Crippen LogP contribution >= 0.6 is 0 Å². The van der Waals surface area contributed by atoms with E-state index in [1.54, 1.807) is 11.8 Å². The first-order valence-electron chi connectivity index (χ1n) is 2.90. The minimum Gasteiger partial charge on any atom is -0.376 e. The zero-order valence-electron chi connectivity index (χ0n) is 6.10. The third-order valence-corrected chi connectivity index (χ3v) is 1.63. The van der Waals surface area contributed by atoms with Crippen molar-refractivity contribution in [1.82, 2.24) is 4.90 Å². The van der Waals surface area contributed by atoms with Crippen LogP contribution in [0.25, 0.3) is 0 Å². The summed E-state index contributed by atoms with van der Waals surface area (Å²) in [6.45, 7) is 3.76. The molecular formula is C6H15NO. The van der Waals surface area contributed by atoms with Gasteiger partial charge in [-0.2, -0.15) is 0 Å². The summed E-state index contributed by atoms with van der Waals surface area (Å²) in [4.78, 5) is 1.80. The molecule has 0 bridgehead atoms. The van der Waals surface area contributed by atoms with Gasteiger partial charge in [-0.25, -0.2) is 0 Å². The number of rotatable bonds is 2. The zero-order chi connectivity index (χ0) is 6.78. The molecule has 0 aliphatic carbocycles. The summed E-state index contributed by atoms with van der Waals surface area (Å²) in [7, 11) is 3.73. The van der Waals surface area contributed by atoms with E-state index in [1.807, 2.05) is 21.0 Å². The van der Waals surface area contributed by atoms with E-state index < -0.39 is 5.72 Å². The predicted molar refractivity (Wildman–Crippen MR) is 34.6 cm³/mol. The van der Waals surface area contributed by atoms with Gasteiger partial charge in [-0.3, -0.25) is 4.90 Å². The SMILES string of the molecule is CCC(C)(O)N(C)C. The summed E-state index contributed by atoms with van der Waals surface area (Å²) >= 11 is 0. The van der Waals surface area contributed by atoms with E-state index >= 15 is 0 Å². The highest BCUT2D eigenvalue weighted by Gasteiger charge is 2.18. The van der Waals surface area contributed by atoms with Gasteiger partial charge in [0, 0.05) is 0 Å². The molecule has 50 valence electrons. The summed E-state index contributed by atoms with van der Waals surface area (Å²) in [6, 6.07) is 0. The van der Waals surface area contributed by atoms with E-state index in [4.69, 9.17) is 0 Å². The van der Waals surface area contributed by atoms with E-state index in [2.05, 4.69) is 0 Å². The summed E-state index contributed by atoms with van der Waals surface area (Å²) < 4.78 is 0. The molecule has 0 aromatic rings. The molecule has 2 nitrogen and oxygen atoms in total. The number of nitrogens with zero attached hydrogens (tertiary/aromatic N) is 1. The van der Waals surface area contributed by atoms with Crippen molar-refractivity contribution < 1.29 is 5.11 Å². The van der Waals surface area contributed by atoms with Crippen molar-refractivity contribution in [2.45, 2.75) is 26.0 Å². The third-order valence-electron chi connectivity index (χ3n) is 1.63. The van der Waals surface area contributed by atoms with Gasteiger partial charge in [-0.05, 0) is 27.4 Å². The van der Waals surface area contributed by atoms with Gasteiger partial charge in [0.15, 0.2) is 0 Å². The van der Waals surface area contributed by atoms with Crippen molar-refractivity contribution in [1.29, 1.82) is 0 Å². The quantitative estimate of drug-likeness (QED) is 0.537. The average molecular weight is 117 g/mol. The van der Waals surface area contributed by atoms with Crippen molar-refractivity contribution in [3.63, 3.8) is 0 Å². The lowest BCUT2D eigenvalue weighted by molar-refractivity contribution is -0.0680. The molecule has 2 heteroatoms. The molecule has 0 rings (SSSR count). The molecule has 0 aromatic carbocycles. The molecule has 1 atom stereocenters. The van der Waals surface area contributed by atoms with Gasteiger partial charge in [-0.15, -0.1) is 0 Å². The van der Waals surface area contributed by atoms with E-state index in [-0.39, 0.29) is 0 Å². The standard InChI is InChI=1S/C6H15NO/c1-5-6(2,8)7(3)4/h8H,5H2,1-4H3. The molecule has 0 radical (unpaired) electrons. The minimum atomic E-state index is -0.625. The summed E-state index contributed by atoms with van der Waals surface area (Å²) in [6.07, 6.45) is 0.764. The molecule has 0 aromatic heterocycles. The van der Waals surface area contributed by atoms with Gasteiger partial charge in [0.05, 0.1) is 0 Å². The second-order valence-corrected chi connectivity index (χ2v) is 2.46. The van der Waals surface area contributed by atoms with Crippen LogP contribution in [0.15, 0.2) is 0 Å². The first kappa shape index (κ1) is 7.92. The van der Waals surface area contributed by atoms with Gasteiger partial charge in [0.2, 0.25) is 0 Å². The Labute approximate surface area is 51.1 Å². The Morgan fingerprint density at radius 2 is 1.88 bits per heavy atom. The fourth-order valence-electron chi connectivity index (χ4n) is 0.316. The lowest BCUT2D eigenvalue weighted by atomic mass is 10.2. The lowest BCUT2D eigenvalue weighted by Crippen LogP contribution is -2.40. The van der Waals surface area contributed by atoms with Crippen LogP contribution in [-0.2, 0) is 0 Å². The van der Waals surface area contributed by atoms with Crippen LogP contribution in [0.2, 0.25) is 0 Å². The fraction of sp³-hybridized carbons (Fsp3) is 1.00. The molecule has 0 heterocycles. The van der Waals surface area contributed by atoms with Gasteiger partial charge in [-0.1, -0.05) is 6.92 Å². The van der Waals surface area contributed by atoms with E-state index in [0.29, 0.717) is 0 Å². The Morgan fingerprint density at radius 3 is 1.88 bits per heavy atom. The highest BCUT2D eigenvalue weighted by atomic mass is 16.3. The monoisotopic (exact) mass is 117 g/mol. The second-order valence-electron chi connectivity index (χ2n) is 2.46. The summed E-state index contributed by atoms with van der Waals surface area (Å²) in [5, 5.41) is 9.33. The molecule has 8 heavy (non-hydrogen) atoms. The highest BCUT2D eigenvalue weighted by molar-refractivity contribution is 4.64. The van der Waals surface area contributed by atoms with Crippen molar-refractivity contribution in [2.75, 3.05) is 14.1 Å². The van der Waals surface area contributed by atoms with Crippen molar-refractivity contribution in [2.24, 2.45) is 0 Å². The van der Waals surface area contributed by atoms with Crippen LogP contribution in [0.3, 0.4) is 0 Å². The summed E-state index contributed by atoms with van der Waals surface area (Å²) in [5.74, 6) is 0. The molecule has 1 N–H and O–H groups in total. The molecule has 1 unspecified atom stereocenters.